The van der Waals surface area contributed by atoms with Gasteiger partial charge in [0.2, 0.25) is 0 Å². The number of hydrogen-bond acceptors (Lipinski definition) is 6. The van der Waals surface area contributed by atoms with Crippen molar-refractivity contribution in [3.05, 3.63) is 88.5 Å². The predicted molar refractivity (Wildman–Crippen MR) is 129 cm³/mol. The highest BCUT2D eigenvalue weighted by Crippen LogP contribution is 2.47. The van der Waals surface area contributed by atoms with Crippen LogP contribution in [-0.4, -0.2) is 35.6 Å². The molecule has 1 unspecified atom stereocenters. The van der Waals surface area contributed by atoms with Gasteiger partial charge in [0.05, 0.1) is 36.0 Å². The number of nitrogens with zero attached hydrogens (tertiary/aromatic N) is 1. The van der Waals surface area contributed by atoms with E-state index in [0.717, 1.165) is 0 Å². The number of ketones is 1. The van der Waals surface area contributed by atoms with Gasteiger partial charge in [-0.05, 0) is 43.3 Å². The summed E-state index contributed by atoms with van der Waals surface area (Å²) in [4.78, 5) is 27.7. The summed E-state index contributed by atoms with van der Waals surface area (Å²) in [6.45, 7) is 2.14. The van der Waals surface area contributed by atoms with Crippen molar-refractivity contribution in [1.82, 2.24) is 0 Å². The topological polar surface area (TPSA) is 96.3 Å². The zero-order valence-electron chi connectivity index (χ0n) is 18.5. The molecule has 1 heterocycles. The van der Waals surface area contributed by atoms with E-state index in [0.29, 0.717) is 28.7 Å². The molecule has 1 fully saturated rings. The van der Waals surface area contributed by atoms with E-state index >= 15 is 0 Å². The van der Waals surface area contributed by atoms with E-state index in [1.54, 1.807) is 49.4 Å². The summed E-state index contributed by atoms with van der Waals surface area (Å²) in [6, 6.07) is 16.6. The number of aromatic hydroxyl groups is 1. The lowest BCUT2D eigenvalue weighted by Gasteiger charge is -2.27. The highest BCUT2D eigenvalue weighted by molar-refractivity contribution is 6.52. The molecule has 4 rings (SSSR count). The molecule has 174 valence electrons. The number of para-hydroxylation sites is 3. The zero-order valence-corrected chi connectivity index (χ0v) is 19.2. The van der Waals surface area contributed by atoms with Crippen molar-refractivity contribution in [2.45, 2.75) is 13.0 Å². The second-order valence-electron chi connectivity index (χ2n) is 7.48. The maximum absolute atomic E-state index is 13.3. The van der Waals surface area contributed by atoms with Crippen LogP contribution in [0.2, 0.25) is 5.02 Å². The van der Waals surface area contributed by atoms with Crippen molar-refractivity contribution >= 4 is 34.7 Å². The van der Waals surface area contributed by atoms with Crippen LogP contribution in [0.5, 0.6) is 17.2 Å². The van der Waals surface area contributed by atoms with Gasteiger partial charge in [-0.3, -0.25) is 14.5 Å². The Labute approximate surface area is 201 Å². The van der Waals surface area contributed by atoms with Crippen LogP contribution in [-0.2, 0) is 9.59 Å². The molecule has 8 heteroatoms. The first-order chi connectivity index (χ1) is 16.4. The number of aliphatic hydroxyl groups excluding tert-OH is 1. The van der Waals surface area contributed by atoms with E-state index in [2.05, 4.69) is 0 Å². The van der Waals surface area contributed by atoms with E-state index in [-0.39, 0.29) is 22.6 Å². The number of Topliss-reactive ketones (excluding diaryl/α,β-unsaturated/α-hetero) is 1. The average Bonchev–Trinajstić information content (AvgIpc) is 3.10. The molecule has 0 spiro atoms. The minimum absolute atomic E-state index is 0.130. The second-order valence-corrected chi connectivity index (χ2v) is 7.89. The Balaban J connectivity index is 1.99. The van der Waals surface area contributed by atoms with Crippen LogP contribution in [0.4, 0.5) is 5.69 Å². The number of methoxy groups -OCH3 is 1. The number of benzene rings is 3. The summed E-state index contributed by atoms with van der Waals surface area (Å²) in [5.41, 5.74) is 0.698. The number of phenolic OH excluding ortho intramolecular Hbond substituents is 1. The third-order valence-corrected chi connectivity index (χ3v) is 5.84. The quantitative estimate of drug-likeness (QED) is 0.291. The molecule has 0 saturated carbocycles. The minimum Gasteiger partial charge on any atom is -0.507 e. The van der Waals surface area contributed by atoms with Crippen LogP contribution in [0.15, 0.2) is 72.3 Å². The molecule has 34 heavy (non-hydrogen) atoms. The fourth-order valence-corrected chi connectivity index (χ4v) is 4.18. The van der Waals surface area contributed by atoms with Crippen molar-refractivity contribution in [1.29, 1.82) is 0 Å². The first kappa shape index (κ1) is 23.2. The van der Waals surface area contributed by atoms with E-state index in [9.17, 15) is 19.8 Å². The lowest BCUT2D eigenvalue weighted by atomic mass is 9.94. The maximum atomic E-state index is 13.3. The number of ether oxygens (including phenoxy) is 2. The van der Waals surface area contributed by atoms with E-state index in [1.807, 2.05) is 0 Å². The smallest absolute Gasteiger partial charge is 0.300 e. The van der Waals surface area contributed by atoms with Gasteiger partial charge in [-0.2, -0.15) is 0 Å². The molecular weight excluding hydrogens is 458 g/mol. The zero-order chi connectivity index (χ0) is 24.4. The monoisotopic (exact) mass is 479 g/mol. The summed E-state index contributed by atoms with van der Waals surface area (Å²) in [6.07, 6.45) is 0. The van der Waals surface area contributed by atoms with Gasteiger partial charge in [-0.25, -0.2) is 0 Å². The van der Waals surface area contributed by atoms with Gasteiger partial charge < -0.3 is 19.7 Å². The van der Waals surface area contributed by atoms with Gasteiger partial charge in [0, 0.05) is 11.1 Å². The molecular formula is C26H22ClNO6. The van der Waals surface area contributed by atoms with Crippen molar-refractivity contribution in [3.63, 3.8) is 0 Å². The van der Waals surface area contributed by atoms with Gasteiger partial charge in [0.25, 0.3) is 11.7 Å². The van der Waals surface area contributed by atoms with Crippen molar-refractivity contribution in [2.24, 2.45) is 0 Å². The first-order valence-electron chi connectivity index (χ1n) is 10.5. The van der Waals surface area contributed by atoms with E-state index in [1.165, 1.54) is 36.3 Å². The molecule has 2 N–H and O–H groups in total. The van der Waals surface area contributed by atoms with E-state index < -0.39 is 23.5 Å². The Morgan fingerprint density at radius 1 is 1.03 bits per heavy atom. The number of amides is 1. The first-order valence-corrected chi connectivity index (χ1v) is 10.9. The molecule has 1 saturated heterocycles. The molecule has 3 aromatic carbocycles. The van der Waals surface area contributed by atoms with E-state index in [4.69, 9.17) is 21.1 Å². The van der Waals surface area contributed by atoms with Crippen molar-refractivity contribution in [2.75, 3.05) is 18.6 Å². The standard InChI is InChI=1S/C26H22ClNO6/c1-3-34-21-14-15(12-13-17(21)27)24(30)22-23(16-8-4-7-11-20(16)33-2)28(26(32)25(22)31)18-9-5-6-10-19(18)29/h4-14,23,29-30H,3H2,1-2H3/b24-22+. The molecule has 1 aliphatic heterocycles. The highest BCUT2D eigenvalue weighted by Gasteiger charge is 2.48. The molecule has 1 atom stereocenters. The number of carbonyl (C=O) groups excluding carboxylic acids is 2. The van der Waals surface area contributed by atoms with Crippen LogP contribution in [0, 0.1) is 0 Å². The SMILES string of the molecule is CCOc1cc(/C(O)=C2\C(=O)C(=O)N(c3ccccc3O)C2c2ccccc2OC)ccc1Cl. The number of halogens is 1. The van der Waals surface area contributed by atoms with Crippen molar-refractivity contribution in [3.8, 4) is 17.2 Å². The Bertz CT molecular complexity index is 1300. The summed E-state index contributed by atoms with van der Waals surface area (Å²) in [5.74, 6) is -1.63. The van der Waals surface area contributed by atoms with Crippen LogP contribution >= 0.6 is 11.6 Å². The summed E-state index contributed by atoms with van der Waals surface area (Å²) in [7, 11) is 1.47. The number of hydrogen-bond donors (Lipinski definition) is 2. The predicted octanol–water partition coefficient (Wildman–Crippen LogP) is 5.08. The maximum Gasteiger partial charge on any atom is 0.300 e. The highest BCUT2D eigenvalue weighted by atomic mass is 35.5. The molecule has 0 aromatic heterocycles. The summed E-state index contributed by atoms with van der Waals surface area (Å²) >= 11 is 6.18. The molecule has 0 bridgehead atoms. The molecule has 3 aromatic rings. The third-order valence-electron chi connectivity index (χ3n) is 5.52. The fourth-order valence-electron chi connectivity index (χ4n) is 4.01. The van der Waals surface area contributed by atoms with Crippen LogP contribution in [0.3, 0.4) is 0 Å². The lowest BCUT2D eigenvalue weighted by Crippen LogP contribution is -2.29. The van der Waals surface area contributed by atoms with Crippen LogP contribution in [0.25, 0.3) is 5.76 Å². The van der Waals surface area contributed by atoms with Gasteiger partial charge in [-0.1, -0.05) is 41.9 Å². The minimum atomic E-state index is -1.06. The number of rotatable bonds is 6. The molecule has 7 nitrogen and oxygen atoms in total. The lowest BCUT2D eigenvalue weighted by molar-refractivity contribution is -0.132. The summed E-state index contributed by atoms with van der Waals surface area (Å²) < 4.78 is 11.0. The number of phenols is 1. The van der Waals surface area contributed by atoms with Crippen molar-refractivity contribution < 1.29 is 29.3 Å². The Kier molecular flexibility index (Phi) is 6.47. The fraction of sp³-hybridized carbons (Fsp3) is 0.154. The molecule has 0 aliphatic carbocycles. The third kappa shape index (κ3) is 3.95. The molecule has 1 amide bonds. The summed E-state index contributed by atoms with van der Waals surface area (Å²) in [5, 5.41) is 22.1. The Hall–Kier alpha value is -3.97. The number of anilines is 1. The van der Waals surface area contributed by atoms with Gasteiger partial charge >= 0.3 is 0 Å². The largest absolute Gasteiger partial charge is 0.507 e. The Morgan fingerprint density at radius 2 is 1.74 bits per heavy atom. The van der Waals surface area contributed by atoms with Gasteiger partial charge in [0.15, 0.2) is 0 Å². The number of carbonyl (C=O) groups is 2. The average molecular weight is 480 g/mol. The van der Waals surface area contributed by atoms with Crippen LogP contribution in [0.1, 0.15) is 24.1 Å². The van der Waals surface area contributed by atoms with Crippen LogP contribution < -0.4 is 14.4 Å². The van der Waals surface area contributed by atoms with Gasteiger partial charge in [0.1, 0.15) is 23.0 Å². The molecule has 0 radical (unpaired) electrons. The Morgan fingerprint density at radius 3 is 2.44 bits per heavy atom. The number of aliphatic hydroxyl groups is 1. The second kappa shape index (κ2) is 9.49. The normalized spacial score (nSPS) is 17.1. The van der Waals surface area contributed by atoms with Gasteiger partial charge in [-0.15, -0.1) is 0 Å². The molecule has 1 aliphatic rings.